The summed E-state index contributed by atoms with van der Waals surface area (Å²) >= 11 is 0. The van der Waals surface area contributed by atoms with Gasteiger partial charge in [0.15, 0.2) is 11.5 Å². The van der Waals surface area contributed by atoms with Gasteiger partial charge < -0.3 is 39.6 Å². The number of aliphatic hydroxyl groups excluding tert-OH is 1. The van der Waals surface area contributed by atoms with Crippen LogP contribution in [0, 0.1) is 5.92 Å². The highest BCUT2D eigenvalue weighted by molar-refractivity contribution is 7.88. The summed E-state index contributed by atoms with van der Waals surface area (Å²) in [5, 5.41) is 15.6. The van der Waals surface area contributed by atoms with Crippen LogP contribution < -0.4 is 24.8 Å². The Bertz CT molecular complexity index is 1450. The molecule has 14 heteroatoms. The van der Waals surface area contributed by atoms with Gasteiger partial charge in [-0.15, -0.1) is 0 Å². The van der Waals surface area contributed by atoms with E-state index in [0.717, 1.165) is 19.1 Å². The van der Waals surface area contributed by atoms with E-state index in [-0.39, 0.29) is 44.1 Å². The number of anilines is 2. The molecule has 0 aliphatic carbocycles. The number of hydrogen-bond acceptors (Lipinski definition) is 9. The minimum Gasteiger partial charge on any atom is -0.490 e. The van der Waals surface area contributed by atoms with Gasteiger partial charge in [0.05, 0.1) is 36.7 Å². The predicted molar refractivity (Wildman–Crippen MR) is 170 cm³/mol. The Morgan fingerprint density at radius 1 is 1.07 bits per heavy atom. The lowest BCUT2D eigenvalue weighted by Gasteiger charge is -2.35. The van der Waals surface area contributed by atoms with Gasteiger partial charge >= 0.3 is 6.03 Å². The summed E-state index contributed by atoms with van der Waals surface area (Å²) in [5.74, 6) is 0.790. The first-order valence-corrected chi connectivity index (χ1v) is 16.9. The van der Waals surface area contributed by atoms with Gasteiger partial charge in [-0.3, -0.25) is 4.79 Å². The summed E-state index contributed by atoms with van der Waals surface area (Å²) in [7, 11) is -1.95. The SMILES string of the molecule is C[C@@H]1CCCCO[C@@H](CN(C)S(C)(=O)=O)[C@H](C)CN([C@@H](C)CO)C(=O)c2cc(NC(=O)Nc3ccc4c(c3)OCO4)ccc2O1. The molecule has 2 aromatic rings. The van der Waals surface area contributed by atoms with E-state index in [2.05, 4.69) is 10.6 Å². The fourth-order valence-electron chi connectivity index (χ4n) is 5.12. The quantitative estimate of drug-likeness (QED) is 0.407. The largest absolute Gasteiger partial charge is 0.490 e. The number of carbonyl (C=O) groups excluding carboxylic acids is 2. The van der Waals surface area contributed by atoms with Gasteiger partial charge in [0.2, 0.25) is 16.8 Å². The maximum absolute atomic E-state index is 14.2. The van der Waals surface area contributed by atoms with Crippen molar-refractivity contribution < 1.29 is 42.1 Å². The number of hydrogen-bond donors (Lipinski definition) is 3. The predicted octanol–water partition coefficient (Wildman–Crippen LogP) is 3.75. The van der Waals surface area contributed by atoms with Crippen LogP contribution in [0.3, 0.4) is 0 Å². The highest BCUT2D eigenvalue weighted by atomic mass is 32.2. The highest BCUT2D eigenvalue weighted by Gasteiger charge is 2.31. The van der Waals surface area contributed by atoms with Crippen molar-refractivity contribution in [3.63, 3.8) is 0 Å². The summed E-state index contributed by atoms with van der Waals surface area (Å²) in [5.41, 5.74) is 1.08. The average Bonchev–Trinajstić information content (AvgIpc) is 3.46. The molecule has 2 heterocycles. The van der Waals surface area contributed by atoms with Gasteiger partial charge in [-0.1, -0.05) is 6.92 Å². The van der Waals surface area contributed by atoms with E-state index in [9.17, 15) is 23.1 Å². The molecule has 0 bridgehead atoms. The number of fused-ring (bicyclic) bond motifs is 2. The molecule has 248 valence electrons. The first-order chi connectivity index (χ1) is 21.3. The van der Waals surface area contributed by atoms with Crippen LogP contribution in [0.5, 0.6) is 17.2 Å². The monoisotopic (exact) mass is 648 g/mol. The van der Waals surface area contributed by atoms with Crippen molar-refractivity contribution in [2.24, 2.45) is 5.92 Å². The summed E-state index contributed by atoms with van der Waals surface area (Å²) in [6, 6.07) is 8.83. The van der Waals surface area contributed by atoms with E-state index in [1.807, 2.05) is 13.8 Å². The number of urea groups is 1. The first kappa shape index (κ1) is 34.3. The van der Waals surface area contributed by atoms with Crippen molar-refractivity contribution in [1.29, 1.82) is 0 Å². The van der Waals surface area contributed by atoms with E-state index < -0.39 is 34.1 Å². The van der Waals surface area contributed by atoms with Crippen LogP contribution in [0.15, 0.2) is 36.4 Å². The topological polar surface area (TPSA) is 156 Å². The van der Waals surface area contributed by atoms with Crippen molar-refractivity contribution in [1.82, 2.24) is 9.21 Å². The maximum atomic E-state index is 14.2. The van der Waals surface area contributed by atoms with E-state index in [0.29, 0.717) is 41.7 Å². The lowest BCUT2D eigenvalue weighted by molar-refractivity contribution is -0.00828. The van der Waals surface area contributed by atoms with E-state index in [1.54, 1.807) is 43.3 Å². The summed E-state index contributed by atoms with van der Waals surface area (Å²) < 4.78 is 48.7. The molecule has 13 nitrogen and oxygen atoms in total. The zero-order valence-electron chi connectivity index (χ0n) is 26.4. The van der Waals surface area contributed by atoms with Gasteiger partial charge in [0.1, 0.15) is 5.75 Å². The standard InChI is InChI=1S/C31H44N4O9S/c1-20-16-35(21(2)18-36)30(37)25-14-23(32-31(38)33-24-10-12-27-28(15-24)43-19-42-27)9-11-26(25)44-22(3)8-6-7-13-41-29(20)17-34(4)45(5,39)40/h9-12,14-15,20-22,29,36H,6-8,13,16-19H2,1-5H3,(H2,32,33,38)/t20-,21+,22-,29+/m1/s1. The number of carbonyl (C=O) groups is 2. The molecule has 2 aromatic carbocycles. The average molecular weight is 649 g/mol. The van der Waals surface area contributed by atoms with Crippen molar-refractivity contribution in [2.75, 3.05) is 57.0 Å². The van der Waals surface area contributed by atoms with Crippen molar-refractivity contribution in [3.8, 4) is 17.2 Å². The number of likely N-dealkylation sites (N-methyl/N-ethyl adjacent to an activating group) is 1. The van der Waals surface area contributed by atoms with Crippen LogP contribution >= 0.6 is 0 Å². The third-order valence-electron chi connectivity index (χ3n) is 7.94. The van der Waals surface area contributed by atoms with Gasteiger partial charge in [0, 0.05) is 50.1 Å². The summed E-state index contributed by atoms with van der Waals surface area (Å²) in [6.45, 7) is 6.11. The lowest BCUT2D eigenvalue weighted by atomic mass is 10.0. The Balaban J connectivity index is 1.61. The molecule has 3 amide bonds. The molecule has 0 saturated heterocycles. The molecular formula is C31H44N4O9S. The van der Waals surface area contributed by atoms with Crippen LogP contribution in [0.2, 0.25) is 0 Å². The number of benzene rings is 2. The van der Waals surface area contributed by atoms with Crippen LogP contribution in [-0.4, -0.2) is 99.3 Å². The van der Waals surface area contributed by atoms with Crippen molar-refractivity contribution >= 4 is 33.3 Å². The first-order valence-electron chi connectivity index (χ1n) is 15.1. The lowest BCUT2D eigenvalue weighted by Crippen LogP contribution is -2.47. The second-order valence-electron chi connectivity index (χ2n) is 11.7. The Labute approximate surface area is 264 Å². The normalized spacial score (nSPS) is 21.8. The highest BCUT2D eigenvalue weighted by Crippen LogP contribution is 2.34. The molecule has 45 heavy (non-hydrogen) atoms. The zero-order chi connectivity index (χ0) is 32.7. The second kappa shape index (κ2) is 15.1. The molecule has 2 aliphatic heterocycles. The number of amides is 3. The Hall–Kier alpha value is -3.59. The molecule has 0 radical (unpaired) electrons. The molecule has 0 unspecified atom stereocenters. The van der Waals surface area contributed by atoms with Crippen LogP contribution in [-0.2, 0) is 14.8 Å². The molecule has 4 atom stereocenters. The van der Waals surface area contributed by atoms with Crippen LogP contribution in [0.25, 0.3) is 0 Å². The molecule has 0 fully saturated rings. The van der Waals surface area contributed by atoms with Crippen LogP contribution in [0.4, 0.5) is 16.2 Å². The van der Waals surface area contributed by atoms with E-state index in [1.165, 1.54) is 16.3 Å². The smallest absolute Gasteiger partial charge is 0.323 e. The van der Waals surface area contributed by atoms with Crippen molar-refractivity contribution in [2.45, 2.75) is 58.3 Å². The molecule has 0 saturated carbocycles. The number of aliphatic hydroxyl groups is 1. The van der Waals surface area contributed by atoms with Gasteiger partial charge in [-0.05, 0) is 63.4 Å². The van der Waals surface area contributed by atoms with Gasteiger partial charge in [-0.25, -0.2) is 17.5 Å². The third kappa shape index (κ3) is 9.22. The van der Waals surface area contributed by atoms with Gasteiger partial charge in [0.25, 0.3) is 5.91 Å². The molecule has 2 aliphatic rings. The summed E-state index contributed by atoms with van der Waals surface area (Å²) in [4.78, 5) is 28.7. The second-order valence-corrected chi connectivity index (χ2v) is 13.8. The minimum atomic E-state index is -3.45. The number of sulfonamides is 1. The fourth-order valence-corrected chi connectivity index (χ4v) is 5.54. The Kier molecular flexibility index (Phi) is 11.5. The zero-order valence-corrected chi connectivity index (χ0v) is 27.3. The molecule has 3 N–H and O–H groups in total. The van der Waals surface area contributed by atoms with Crippen molar-refractivity contribution in [3.05, 3.63) is 42.0 Å². The molecular weight excluding hydrogens is 604 g/mol. The van der Waals surface area contributed by atoms with E-state index >= 15 is 0 Å². The molecule has 0 aromatic heterocycles. The Morgan fingerprint density at radius 2 is 1.73 bits per heavy atom. The van der Waals surface area contributed by atoms with E-state index in [4.69, 9.17) is 18.9 Å². The number of nitrogens with zero attached hydrogens (tertiary/aromatic N) is 2. The third-order valence-corrected chi connectivity index (χ3v) is 9.22. The minimum absolute atomic E-state index is 0.116. The number of rotatable bonds is 7. The molecule has 4 rings (SSSR count). The Morgan fingerprint density at radius 3 is 2.42 bits per heavy atom. The number of nitrogens with one attached hydrogen (secondary N) is 2. The maximum Gasteiger partial charge on any atom is 0.323 e. The van der Waals surface area contributed by atoms with Crippen LogP contribution in [0.1, 0.15) is 50.4 Å². The van der Waals surface area contributed by atoms with Gasteiger partial charge in [-0.2, -0.15) is 0 Å². The number of ether oxygens (including phenoxy) is 4. The molecule has 0 spiro atoms. The fraction of sp³-hybridized carbons (Fsp3) is 0.548. The summed E-state index contributed by atoms with van der Waals surface area (Å²) in [6.07, 6.45) is 2.69.